The molecule has 3 aliphatic heterocycles. The fraction of sp³-hybridized carbons (Fsp3) is 0.462. The van der Waals surface area contributed by atoms with Crippen LogP contribution in [0.4, 0.5) is 20.6 Å². The van der Waals surface area contributed by atoms with Crippen LogP contribution in [0, 0.1) is 5.82 Å². The number of hydrogen-bond donors (Lipinski definition) is 3. The number of nitrogens with one attached hydrogen (secondary N) is 3. The number of aromatic nitrogens is 2. The summed E-state index contributed by atoms with van der Waals surface area (Å²) < 4.78 is 63.9. The van der Waals surface area contributed by atoms with Gasteiger partial charge in [-0.15, -0.1) is 11.3 Å². The van der Waals surface area contributed by atoms with Gasteiger partial charge in [-0.05, 0) is 133 Å². The van der Waals surface area contributed by atoms with Gasteiger partial charge in [0, 0.05) is 51.4 Å². The number of esters is 2. The SMILES string of the molecule is Cn1c(=O)n(C2CCC(=O)NC2=O)c2ccc(C3CCN(C(=O)Nc4cc(CS(=O)(=O)N5CCC(Nc6cccc(-c7sc(C(=O)OC(C)(C)C)c(OCC(=O)OC(C)(C)C)c7Cl)c6)CC5)ccc4F)CC3)cc21. The van der Waals surface area contributed by atoms with E-state index in [4.69, 9.17) is 25.8 Å². The Bertz CT molecular complexity index is 3180. The van der Waals surface area contributed by atoms with Gasteiger partial charge in [-0.25, -0.2) is 36.3 Å². The van der Waals surface area contributed by atoms with Crippen LogP contribution in [-0.2, 0) is 46.7 Å². The molecule has 0 bridgehead atoms. The Kier molecular flexibility index (Phi) is 15.7. The molecule has 396 valence electrons. The lowest BCUT2D eigenvalue weighted by atomic mass is 9.89. The van der Waals surface area contributed by atoms with Crippen molar-refractivity contribution in [3.05, 3.63) is 98.0 Å². The van der Waals surface area contributed by atoms with Crippen LogP contribution >= 0.6 is 22.9 Å². The monoisotopic (exact) mass is 1080 g/mol. The standard InChI is InChI=1S/C52H61ClFN7O11S2/c1-51(2,3)71-42(63)28-70-44-43(53)45(73-46(44)48(65)72-52(4,5)6)33-9-8-10-35(26-33)55-34-19-23-60(24-20-34)74(68,69)29-30-11-13-36(54)37(25-30)56-49(66)59-21-17-31(18-22-59)32-12-14-38-40(27-32)58(7)50(67)61(38)39-15-16-41(62)57-47(39)64/h8-14,25-27,31,34,39,55H,15-24,28-29H2,1-7H3,(H,56,66)(H,57,62,64). The van der Waals surface area contributed by atoms with Crippen molar-refractivity contribution < 1.29 is 51.0 Å². The van der Waals surface area contributed by atoms with E-state index < -0.39 is 69.3 Å². The third-order valence-electron chi connectivity index (χ3n) is 13.0. The molecule has 74 heavy (non-hydrogen) atoms. The summed E-state index contributed by atoms with van der Waals surface area (Å²) in [6, 6.07) is 15.6. The second kappa shape index (κ2) is 21.5. The van der Waals surface area contributed by atoms with E-state index in [-0.39, 0.29) is 70.8 Å². The summed E-state index contributed by atoms with van der Waals surface area (Å²) in [7, 11) is -2.20. The molecule has 1 unspecified atom stereocenters. The number of carbonyl (C=O) groups is 5. The second-order valence-corrected chi connectivity index (χ2v) is 24.2. The maximum atomic E-state index is 15.2. The minimum atomic E-state index is -3.84. The number of imidazole rings is 1. The molecule has 22 heteroatoms. The number of thiophene rings is 1. The van der Waals surface area contributed by atoms with Crippen LogP contribution in [0.3, 0.4) is 0 Å². The van der Waals surface area contributed by atoms with Gasteiger partial charge in [-0.1, -0.05) is 35.9 Å². The quantitative estimate of drug-likeness (QED) is 0.0749. The topological polar surface area (TPSA) is 217 Å². The van der Waals surface area contributed by atoms with Gasteiger partial charge in [-0.2, -0.15) is 0 Å². The maximum absolute atomic E-state index is 15.2. The van der Waals surface area contributed by atoms with Gasteiger partial charge in [0.15, 0.2) is 17.2 Å². The lowest BCUT2D eigenvalue weighted by Crippen LogP contribution is -2.44. The van der Waals surface area contributed by atoms with Gasteiger partial charge in [0.25, 0.3) is 0 Å². The minimum absolute atomic E-state index is 0.0142. The van der Waals surface area contributed by atoms with Gasteiger partial charge in [0.05, 0.1) is 27.4 Å². The Morgan fingerprint density at radius 2 is 1.57 bits per heavy atom. The molecule has 0 saturated carbocycles. The predicted molar refractivity (Wildman–Crippen MR) is 280 cm³/mol. The molecule has 0 radical (unpaired) electrons. The van der Waals surface area contributed by atoms with E-state index in [2.05, 4.69) is 16.0 Å². The fourth-order valence-electron chi connectivity index (χ4n) is 9.47. The summed E-state index contributed by atoms with van der Waals surface area (Å²) >= 11 is 7.95. The van der Waals surface area contributed by atoms with Crippen molar-refractivity contribution >= 4 is 85.2 Å². The molecule has 8 rings (SSSR count). The van der Waals surface area contributed by atoms with E-state index in [0.717, 1.165) is 28.7 Å². The maximum Gasteiger partial charge on any atom is 0.352 e. The molecule has 3 aromatic carbocycles. The largest absolute Gasteiger partial charge is 0.479 e. The van der Waals surface area contributed by atoms with E-state index in [0.29, 0.717) is 65.8 Å². The summed E-state index contributed by atoms with van der Waals surface area (Å²) in [6.07, 6.45) is 2.54. The van der Waals surface area contributed by atoms with Crippen molar-refractivity contribution in [3.63, 3.8) is 0 Å². The average Bonchev–Trinajstić information content (AvgIpc) is 3.79. The van der Waals surface area contributed by atoms with E-state index in [1.54, 1.807) is 53.5 Å². The molecule has 3 aliphatic rings. The van der Waals surface area contributed by atoms with Crippen molar-refractivity contribution in [2.75, 3.05) is 43.4 Å². The van der Waals surface area contributed by atoms with Gasteiger partial charge < -0.3 is 29.7 Å². The lowest BCUT2D eigenvalue weighted by Gasteiger charge is -2.32. The van der Waals surface area contributed by atoms with E-state index in [1.807, 2.05) is 42.5 Å². The number of likely N-dealkylation sites (tertiary alicyclic amines) is 1. The van der Waals surface area contributed by atoms with Crippen molar-refractivity contribution in [2.45, 2.75) is 115 Å². The summed E-state index contributed by atoms with van der Waals surface area (Å²) in [6.45, 7) is 11.1. The van der Waals surface area contributed by atoms with E-state index in [9.17, 15) is 37.2 Å². The molecule has 3 saturated heterocycles. The first-order chi connectivity index (χ1) is 34.8. The van der Waals surface area contributed by atoms with Crippen LogP contribution in [0.15, 0.2) is 65.5 Å². The number of urea groups is 1. The molecule has 3 N–H and O–H groups in total. The number of imide groups is 1. The molecule has 2 aromatic heterocycles. The van der Waals surface area contributed by atoms with Crippen LogP contribution in [-0.4, -0.2) is 107 Å². The molecular weight excluding hydrogens is 1020 g/mol. The highest BCUT2D eigenvalue weighted by molar-refractivity contribution is 7.88. The summed E-state index contributed by atoms with van der Waals surface area (Å²) in [4.78, 5) is 79.2. The first-order valence-electron chi connectivity index (χ1n) is 24.5. The number of rotatable bonds is 13. The first kappa shape index (κ1) is 54.0. The van der Waals surface area contributed by atoms with Crippen LogP contribution < -0.4 is 26.4 Å². The number of sulfonamides is 1. The smallest absolute Gasteiger partial charge is 0.352 e. The van der Waals surface area contributed by atoms with Crippen molar-refractivity contribution in [3.8, 4) is 16.2 Å². The Morgan fingerprint density at radius 3 is 2.24 bits per heavy atom. The Morgan fingerprint density at radius 1 is 0.865 bits per heavy atom. The predicted octanol–water partition coefficient (Wildman–Crippen LogP) is 8.33. The third-order valence-corrected chi connectivity index (χ3v) is 16.5. The number of anilines is 2. The molecule has 4 amide bonds. The number of ether oxygens (including phenoxy) is 3. The molecule has 0 spiro atoms. The highest BCUT2D eigenvalue weighted by atomic mass is 35.5. The fourth-order valence-corrected chi connectivity index (χ4v) is 12.5. The second-order valence-electron chi connectivity index (χ2n) is 20.9. The molecular formula is C52H61ClFN7O11S2. The molecule has 5 heterocycles. The highest BCUT2D eigenvalue weighted by Gasteiger charge is 2.34. The third kappa shape index (κ3) is 12.4. The molecule has 18 nitrogen and oxygen atoms in total. The summed E-state index contributed by atoms with van der Waals surface area (Å²) in [5, 5.41) is 8.60. The van der Waals surface area contributed by atoms with Crippen LogP contribution in [0.5, 0.6) is 5.75 Å². The van der Waals surface area contributed by atoms with Gasteiger partial charge in [0.2, 0.25) is 21.8 Å². The molecule has 1 atom stereocenters. The number of benzene rings is 3. The molecule has 5 aromatic rings. The summed E-state index contributed by atoms with van der Waals surface area (Å²) in [5.41, 5.74) is 1.89. The van der Waals surface area contributed by atoms with Crippen molar-refractivity contribution in [2.24, 2.45) is 7.05 Å². The van der Waals surface area contributed by atoms with E-state index >= 15 is 4.39 Å². The number of hydrogen-bond acceptors (Lipinski definition) is 13. The zero-order valence-corrected chi connectivity index (χ0v) is 44.7. The van der Waals surface area contributed by atoms with Gasteiger partial charge >= 0.3 is 23.7 Å². The number of nitrogens with zero attached hydrogens (tertiary/aromatic N) is 4. The van der Waals surface area contributed by atoms with Gasteiger partial charge in [0.1, 0.15) is 28.1 Å². The zero-order chi connectivity index (χ0) is 53.4. The number of fused-ring (bicyclic) bond motifs is 1. The minimum Gasteiger partial charge on any atom is -0.479 e. The molecule has 3 fully saturated rings. The zero-order valence-electron chi connectivity index (χ0n) is 42.3. The lowest BCUT2D eigenvalue weighted by molar-refractivity contribution is -0.157. The van der Waals surface area contributed by atoms with Gasteiger partial charge in [-0.3, -0.25) is 24.0 Å². The van der Waals surface area contributed by atoms with Crippen LogP contribution in [0.25, 0.3) is 21.5 Å². The van der Waals surface area contributed by atoms with Crippen LogP contribution in [0.2, 0.25) is 5.02 Å². The normalized spacial score (nSPS) is 17.5. The van der Waals surface area contributed by atoms with Crippen molar-refractivity contribution in [1.82, 2.24) is 23.7 Å². The highest BCUT2D eigenvalue weighted by Crippen LogP contribution is 2.47. The Labute approximate surface area is 437 Å². The summed E-state index contributed by atoms with van der Waals surface area (Å²) in [5.74, 6) is -3.19. The number of carbonyl (C=O) groups excluding carboxylic acids is 5. The van der Waals surface area contributed by atoms with Crippen LogP contribution in [0.1, 0.15) is 113 Å². The number of amides is 4. The molecule has 0 aliphatic carbocycles. The number of halogens is 2. The first-order valence-corrected chi connectivity index (χ1v) is 27.3. The van der Waals surface area contributed by atoms with Crippen molar-refractivity contribution in [1.29, 1.82) is 0 Å². The average molecular weight is 1080 g/mol. The Hall–Kier alpha value is -6.29. The van der Waals surface area contributed by atoms with E-state index in [1.165, 1.54) is 25.6 Å². The number of aryl methyl sites for hydroxylation is 1. The number of piperidine rings is 3. The Balaban J connectivity index is 0.850.